The molecule has 0 aliphatic heterocycles. The van der Waals surface area contributed by atoms with Gasteiger partial charge in [-0.15, -0.1) is 0 Å². The largest absolute Gasteiger partial charge is 0.497 e. The molecule has 4 aromatic rings. The van der Waals surface area contributed by atoms with Crippen LogP contribution in [0.15, 0.2) is 60.7 Å². The molecule has 3 aromatic carbocycles. The van der Waals surface area contributed by atoms with Crippen molar-refractivity contribution in [1.82, 2.24) is 9.78 Å². The number of rotatable bonds is 11. The lowest BCUT2D eigenvalue weighted by Crippen LogP contribution is -2.09. The summed E-state index contributed by atoms with van der Waals surface area (Å²) in [6.45, 7) is 6.47. The van der Waals surface area contributed by atoms with Gasteiger partial charge in [-0.05, 0) is 62.2 Å². The van der Waals surface area contributed by atoms with E-state index in [2.05, 4.69) is 31.3 Å². The zero-order valence-corrected chi connectivity index (χ0v) is 21.5. The van der Waals surface area contributed by atoms with Gasteiger partial charge in [-0.25, -0.2) is 0 Å². The molecule has 1 heterocycles. The minimum Gasteiger partial charge on any atom is -0.497 e. The smallest absolute Gasteiger partial charge is 0.310 e. The van der Waals surface area contributed by atoms with Gasteiger partial charge in [0, 0.05) is 28.7 Å². The quantitative estimate of drug-likeness (QED) is 0.214. The Bertz CT molecular complexity index is 1410. The Morgan fingerprint density at radius 1 is 1.08 bits per heavy atom. The summed E-state index contributed by atoms with van der Waals surface area (Å²) in [4.78, 5) is 23.0. The van der Waals surface area contributed by atoms with Crippen LogP contribution in [0.3, 0.4) is 0 Å². The number of aromatic nitrogens is 2. The molecule has 0 saturated heterocycles. The van der Waals surface area contributed by atoms with Crippen molar-refractivity contribution in [1.29, 1.82) is 0 Å². The van der Waals surface area contributed by atoms with Crippen LogP contribution < -0.4 is 14.8 Å². The van der Waals surface area contributed by atoms with E-state index in [0.29, 0.717) is 30.1 Å². The van der Waals surface area contributed by atoms with Crippen molar-refractivity contribution in [2.24, 2.45) is 0 Å². The Kier molecular flexibility index (Phi) is 8.08. The third-order valence-corrected chi connectivity index (χ3v) is 5.97. The van der Waals surface area contributed by atoms with E-state index in [9.17, 15) is 9.59 Å². The van der Waals surface area contributed by atoms with Crippen LogP contribution in [-0.2, 0) is 27.4 Å². The van der Waals surface area contributed by atoms with E-state index in [0.717, 1.165) is 33.4 Å². The van der Waals surface area contributed by atoms with Gasteiger partial charge in [0.25, 0.3) is 0 Å². The molecule has 0 fully saturated rings. The predicted molar refractivity (Wildman–Crippen MR) is 143 cm³/mol. The maximum absolute atomic E-state index is 12.1. The third kappa shape index (κ3) is 5.91. The maximum Gasteiger partial charge on any atom is 0.310 e. The number of nitrogens with zero attached hydrogens (tertiary/aromatic N) is 2. The second kappa shape index (κ2) is 11.6. The molecule has 0 radical (unpaired) electrons. The molecule has 1 N–H and O–H groups in total. The van der Waals surface area contributed by atoms with Crippen LogP contribution in [0.25, 0.3) is 22.0 Å². The summed E-state index contributed by atoms with van der Waals surface area (Å²) in [5.41, 5.74) is 5.18. The average molecular weight is 502 g/mol. The standard InChI is InChI=1S/C29H31N3O5/c1-5-36-29(34)15-22-9-11-24(35-4)16-28(22)37-17-26-25-14-21(10-12-27(25)32(31-26)19(2)3)20-7-6-8-23(13-20)30-18-33/h6-14,16,18-19H,5,15,17H2,1-4H3,(H,30,33). The van der Waals surface area contributed by atoms with Crippen molar-refractivity contribution in [3.05, 3.63) is 71.9 Å². The summed E-state index contributed by atoms with van der Waals surface area (Å²) in [7, 11) is 1.59. The highest BCUT2D eigenvalue weighted by molar-refractivity contribution is 5.88. The van der Waals surface area contributed by atoms with Gasteiger partial charge in [0.2, 0.25) is 6.41 Å². The first-order chi connectivity index (χ1) is 17.9. The van der Waals surface area contributed by atoms with E-state index in [1.54, 1.807) is 26.2 Å². The topological polar surface area (TPSA) is 91.7 Å². The van der Waals surface area contributed by atoms with Crippen molar-refractivity contribution < 1.29 is 23.8 Å². The number of nitrogens with one attached hydrogen (secondary N) is 1. The van der Waals surface area contributed by atoms with Crippen molar-refractivity contribution in [2.45, 2.75) is 39.8 Å². The van der Waals surface area contributed by atoms with Gasteiger partial charge >= 0.3 is 5.97 Å². The number of carbonyl (C=O) groups is 2. The van der Waals surface area contributed by atoms with E-state index in [4.69, 9.17) is 19.3 Å². The first-order valence-electron chi connectivity index (χ1n) is 12.2. The first kappa shape index (κ1) is 25.8. The highest BCUT2D eigenvalue weighted by Gasteiger charge is 2.17. The summed E-state index contributed by atoms with van der Waals surface area (Å²) in [5, 5.41) is 8.53. The zero-order chi connectivity index (χ0) is 26.4. The number of esters is 1. The van der Waals surface area contributed by atoms with Crippen LogP contribution in [0.5, 0.6) is 11.5 Å². The lowest BCUT2D eigenvalue weighted by Gasteiger charge is -2.12. The fourth-order valence-corrected chi connectivity index (χ4v) is 4.20. The second-order valence-electron chi connectivity index (χ2n) is 8.80. The Labute approximate surface area is 216 Å². The lowest BCUT2D eigenvalue weighted by atomic mass is 10.0. The molecule has 8 nitrogen and oxygen atoms in total. The molecule has 0 aliphatic carbocycles. The Balaban J connectivity index is 1.69. The lowest BCUT2D eigenvalue weighted by molar-refractivity contribution is -0.142. The normalized spacial score (nSPS) is 10.9. The number of hydrogen-bond donors (Lipinski definition) is 1. The van der Waals surface area contributed by atoms with Crippen molar-refractivity contribution >= 4 is 29.0 Å². The fraction of sp³-hybridized carbons (Fsp3) is 0.276. The van der Waals surface area contributed by atoms with Crippen LogP contribution in [-0.4, -0.2) is 35.9 Å². The molecule has 0 bridgehead atoms. The molecule has 8 heteroatoms. The molecule has 0 spiro atoms. The number of methoxy groups -OCH3 is 1. The minimum absolute atomic E-state index is 0.101. The number of amides is 1. The average Bonchev–Trinajstić information content (AvgIpc) is 3.27. The molecule has 37 heavy (non-hydrogen) atoms. The van der Waals surface area contributed by atoms with E-state index in [1.807, 2.05) is 41.1 Å². The van der Waals surface area contributed by atoms with Crippen LogP contribution in [0.1, 0.15) is 38.1 Å². The summed E-state index contributed by atoms with van der Waals surface area (Å²) in [5.74, 6) is 0.859. The predicted octanol–water partition coefficient (Wildman–Crippen LogP) is 5.55. The molecule has 0 unspecified atom stereocenters. The van der Waals surface area contributed by atoms with Crippen molar-refractivity contribution in [3.8, 4) is 22.6 Å². The molecular formula is C29H31N3O5. The van der Waals surface area contributed by atoms with Gasteiger partial charge in [-0.2, -0.15) is 5.10 Å². The Morgan fingerprint density at radius 3 is 2.62 bits per heavy atom. The molecular weight excluding hydrogens is 470 g/mol. The van der Waals surface area contributed by atoms with E-state index < -0.39 is 0 Å². The Hall–Kier alpha value is -4.33. The third-order valence-electron chi connectivity index (χ3n) is 5.97. The highest BCUT2D eigenvalue weighted by atomic mass is 16.5. The maximum atomic E-state index is 12.1. The number of hydrogen-bond acceptors (Lipinski definition) is 6. The molecule has 4 rings (SSSR count). The number of fused-ring (bicyclic) bond motifs is 1. The van der Waals surface area contributed by atoms with Crippen LogP contribution in [0, 0.1) is 0 Å². The number of anilines is 1. The van der Waals surface area contributed by atoms with Crippen LogP contribution in [0.2, 0.25) is 0 Å². The van der Waals surface area contributed by atoms with Gasteiger partial charge in [-0.1, -0.05) is 24.3 Å². The monoisotopic (exact) mass is 501 g/mol. The van der Waals surface area contributed by atoms with E-state index in [1.165, 1.54) is 0 Å². The minimum atomic E-state index is -0.317. The van der Waals surface area contributed by atoms with Crippen LogP contribution >= 0.6 is 0 Å². The first-order valence-corrected chi connectivity index (χ1v) is 12.2. The van der Waals surface area contributed by atoms with Crippen molar-refractivity contribution in [3.63, 3.8) is 0 Å². The van der Waals surface area contributed by atoms with E-state index in [-0.39, 0.29) is 25.0 Å². The molecule has 1 aromatic heterocycles. The van der Waals surface area contributed by atoms with Gasteiger partial charge in [-0.3, -0.25) is 14.3 Å². The number of benzene rings is 3. The second-order valence-corrected chi connectivity index (χ2v) is 8.80. The van der Waals surface area contributed by atoms with Gasteiger partial charge < -0.3 is 19.5 Å². The summed E-state index contributed by atoms with van der Waals surface area (Å²) in [6, 6.07) is 19.4. The fourth-order valence-electron chi connectivity index (χ4n) is 4.20. The zero-order valence-electron chi connectivity index (χ0n) is 21.5. The summed E-state index contributed by atoms with van der Waals surface area (Å²) < 4.78 is 18.7. The van der Waals surface area contributed by atoms with Gasteiger partial charge in [0.15, 0.2) is 0 Å². The van der Waals surface area contributed by atoms with Gasteiger partial charge in [0.05, 0.1) is 25.7 Å². The summed E-state index contributed by atoms with van der Waals surface area (Å²) >= 11 is 0. The van der Waals surface area contributed by atoms with Gasteiger partial charge in [0.1, 0.15) is 23.8 Å². The molecule has 1 amide bonds. The van der Waals surface area contributed by atoms with E-state index >= 15 is 0 Å². The molecule has 0 atom stereocenters. The SMILES string of the molecule is CCOC(=O)Cc1ccc(OC)cc1OCc1nn(C(C)C)c2ccc(-c3cccc(NC=O)c3)cc12. The Morgan fingerprint density at radius 2 is 1.89 bits per heavy atom. The molecule has 0 saturated carbocycles. The molecule has 0 aliphatic rings. The number of carbonyl (C=O) groups excluding carboxylic acids is 2. The summed E-state index contributed by atoms with van der Waals surface area (Å²) in [6.07, 6.45) is 0.767. The van der Waals surface area contributed by atoms with Crippen molar-refractivity contribution in [2.75, 3.05) is 19.0 Å². The van der Waals surface area contributed by atoms with Crippen LogP contribution in [0.4, 0.5) is 5.69 Å². The molecule has 192 valence electrons. The number of ether oxygens (including phenoxy) is 3. The highest BCUT2D eigenvalue weighted by Crippen LogP contribution is 2.31.